The van der Waals surface area contributed by atoms with E-state index in [9.17, 15) is 4.79 Å². The molecule has 2 heteroatoms. The molecule has 0 amide bonds. The van der Waals surface area contributed by atoms with E-state index in [2.05, 4.69) is 34.3 Å². The monoisotopic (exact) mass is 236 g/mol. The molecule has 0 N–H and O–H groups in total. The lowest BCUT2D eigenvalue weighted by atomic mass is 9.70. The van der Waals surface area contributed by atoms with Crippen LogP contribution in [0, 0.1) is 22.7 Å². The van der Waals surface area contributed by atoms with Gasteiger partial charge in [-0.1, -0.05) is 34.3 Å². The number of carbonyl (C=O) groups excluding carboxylic acids is 1. The van der Waals surface area contributed by atoms with Crippen LogP contribution in [0.1, 0.15) is 47.5 Å². The molecule has 2 nitrogen and oxygen atoms in total. The molecule has 4 unspecified atom stereocenters. The summed E-state index contributed by atoms with van der Waals surface area (Å²) in [5.74, 6) is 1.19. The van der Waals surface area contributed by atoms with Gasteiger partial charge in [-0.3, -0.25) is 0 Å². The second kappa shape index (κ2) is 3.60. The van der Waals surface area contributed by atoms with Gasteiger partial charge in [-0.15, -0.1) is 0 Å². The van der Waals surface area contributed by atoms with Crippen LogP contribution in [0.2, 0.25) is 0 Å². The molecule has 2 bridgehead atoms. The molecular formula is C15H24O2. The van der Waals surface area contributed by atoms with Crippen molar-refractivity contribution in [3.05, 3.63) is 12.2 Å². The predicted molar refractivity (Wildman–Crippen MR) is 68.5 cm³/mol. The average Bonchev–Trinajstić information content (AvgIpc) is 2.47. The third-order valence-corrected chi connectivity index (χ3v) is 5.61. The lowest BCUT2D eigenvalue weighted by molar-refractivity contribution is -0.152. The van der Waals surface area contributed by atoms with Crippen molar-refractivity contribution >= 4 is 5.97 Å². The molecule has 2 aliphatic rings. The van der Waals surface area contributed by atoms with Crippen molar-refractivity contribution in [2.75, 3.05) is 0 Å². The normalized spacial score (nSPS) is 42.5. The summed E-state index contributed by atoms with van der Waals surface area (Å²) in [7, 11) is 0. The summed E-state index contributed by atoms with van der Waals surface area (Å²) in [4.78, 5) is 11.7. The summed E-state index contributed by atoms with van der Waals surface area (Å²) in [5.41, 5.74) is 0.900. The summed E-state index contributed by atoms with van der Waals surface area (Å²) in [6.45, 7) is 14.6. The number of fused-ring (bicyclic) bond motifs is 2. The first kappa shape index (κ1) is 12.7. The molecule has 0 aromatic heterocycles. The minimum Gasteiger partial charge on any atom is -0.458 e. The van der Waals surface area contributed by atoms with E-state index in [-0.39, 0.29) is 22.9 Å². The number of esters is 1. The molecule has 96 valence electrons. The highest BCUT2D eigenvalue weighted by atomic mass is 16.5. The molecule has 2 aliphatic carbocycles. The number of hydrogen-bond acceptors (Lipinski definition) is 2. The molecular weight excluding hydrogens is 212 g/mol. The smallest absolute Gasteiger partial charge is 0.333 e. The number of ether oxygens (including phenoxy) is 1. The zero-order valence-corrected chi connectivity index (χ0v) is 11.7. The topological polar surface area (TPSA) is 26.3 Å². The highest BCUT2D eigenvalue weighted by molar-refractivity contribution is 5.87. The Bertz CT molecular complexity index is 369. The summed E-state index contributed by atoms with van der Waals surface area (Å²) in [5, 5.41) is 0. The van der Waals surface area contributed by atoms with Gasteiger partial charge in [-0.05, 0) is 37.0 Å². The molecule has 17 heavy (non-hydrogen) atoms. The van der Waals surface area contributed by atoms with E-state index >= 15 is 0 Å². The van der Waals surface area contributed by atoms with Gasteiger partial charge in [-0.25, -0.2) is 4.79 Å². The minimum absolute atomic E-state index is 0.0721. The van der Waals surface area contributed by atoms with Crippen LogP contribution in [0.25, 0.3) is 0 Å². The first-order valence-electron chi connectivity index (χ1n) is 6.56. The fourth-order valence-corrected chi connectivity index (χ4v) is 4.18. The fourth-order valence-electron chi connectivity index (χ4n) is 4.18. The Morgan fingerprint density at radius 2 is 1.94 bits per heavy atom. The molecule has 2 rings (SSSR count). The Labute approximate surface area is 104 Å². The maximum Gasteiger partial charge on any atom is 0.333 e. The highest BCUT2D eigenvalue weighted by Gasteiger charge is 2.65. The Balaban J connectivity index is 2.20. The first-order valence-corrected chi connectivity index (χ1v) is 6.56. The van der Waals surface area contributed by atoms with Crippen LogP contribution < -0.4 is 0 Å². The molecule has 0 saturated heterocycles. The van der Waals surface area contributed by atoms with Crippen LogP contribution in [-0.2, 0) is 9.53 Å². The summed E-state index contributed by atoms with van der Waals surface area (Å²) >= 11 is 0. The second-order valence-corrected chi connectivity index (χ2v) is 6.84. The second-order valence-electron chi connectivity index (χ2n) is 6.84. The van der Waals surface area contributed by atoms with E-state index in [1.807, 2.05) is 0 Å². The van der Waals surface area contributed by atoms with Crippen LogP contribution in [-0.4, -0.2) is 12.1 Å². The zero-order valence-electron chi connectivity index (χ0n) is 11.7. The van der Waals surface area contributed by atoms with E-state index in [4.69, 9.17) is 4.74 Å². The van der Waals surface area contributed by atoms with Gasteiger partial charge in [0.25, 0.3) is 0 Å². The van der Waals surface area contributed by atoms with Crippen LogP contribution in [0.15, 0.2) is 12.2 Å². The third kappa shape index (κ3) is 1.56. The van der Waals surface area contributed by atoms with Crippen LogP contribution >= 0.6 is 0 Å². The van der Waals surface area contributed by atoms with Gasteiger partial charge in [0.15, 0.2) is 0 Å². The zero-order chi connectivity index (χ0) is 13.0. The van der Waals surface area contributed by atoms with Gasteiger partial charge in [0.05, 0.1) is 0 Å². The maximum atomic E-state index is 11.7. The minimum atomic E-state index is -0.229. The molecule has 0 aliphatic heterocycles. The van der Waals surface area contributed by atoms with Crippen molar-refractivity contribution in [1.82, 2.24) is 0 Å². The molecule has 0 heterocycles. The Kier molecular flexibility index (Phi) is 2.68. The molecule has 2 saturated carbocycles. The lowest BCUT2D eigenvalue weighted by Gasteiger charge is -2.38. The molecule has 0 aromatic carbocycles. The van der Waals surface area contributed by atoms with E-state index in [1.54, 1.807) is 6.92 Å². The van der Waals surface area contributed by atoms with Crippen LogP contribution in [0.4, 0.5) is 0 Å². The Morgan fingerprint density at radius 3 is 2.29 bits per heavy atom. The van der Waals surface area contributed by atoms with Crippen LogP contribution in [0.3, 0.4) is 0 Å². The Morgan fingerprint density at radius 1 is 1.35 bits per heavy atom. The predicted octanol–water partition coefficient (Wildman–Crippen LogP) is 3.57. The summed E-state index contributed by atoms with van der Waals surface area (Å²) in [6.07, 6.45) is 2.26. The highest BCUT2D eigenvalue weighted by Crippen LogP contribution is 2.68. The molecule has 4 atom stereocenters. The van der Waals surface area contributed by atoms with Gasteiger partial charge in [0.2, 0.25) is 0 Å². The van der Waals surface area contributed by atoms with E-state index in [0.29, 0.717) is 11.5 Å². The van der Waals surface area contributed by atoms with Crippen molar-refractivity contribution in [2.24, 2.45) is 22.7 Å². The number of rotatable bonds is 2. The fraction of sp³-hybridized carbons (Fsp3) is 0.800. The summed E-state index contributed by atoms with van der Waals surface area (Å²) in [6, 6.07) is 0. The quantitative estimate of drug-likeness (QED) is 0.541. The molecule has 0 spiro atoms. The van der Waals surface area contributed by atoms with Gasteiger partial charge >= 0.3 is 5.97 Å². The largest absolute Gasteiger partial charge is 0.458 e. The summed E-state index contributed by atoms with van der Waals surface area (Å²) < 4.78 is 5.66. The SMILES string of the molecule is C=C(C)C(=O)OC1CC2C(C)CC1(C)C2(C)C. The van der Waals surface area contributed by atoms with Crippen molar-refractivity contribution in [3.8, 4) is 0 Å². The Hall–Kier alpha value is -0.790. The van der Waals surface area contributed by atoms with Gasteiger partial charge in [-0.2, -0.15) is 0 Å². The van der Waals surface area contributed by atoms with Crippen molar-refractivity contribution in [2.45, 2.75) is 53.6 Å². The van der Waals surface area contributed by atoms with Crippen LogP contribution in [0.5, 0.6) is 0 Å². The van der Waals surface area contributed by atoms with E-state index in [0.717, 1.165) is 12.3 Å². The van der Waals surface area contributed by atoms with Gasteiger partial charge in [0.1, 0.15) is 6.10 Å². The maximum absolute atomic E-state index is 11.7. The van der Waals surface area contributed by atoms with E-state index in [1.165, 1.54) is 6.42 Å². The first-order chi connectivity index (χ1) is 7.70. The average molecular weight is 236 g/mol. The lowest BCUT2D eigenvalue weighted by Crippen LogP contribution is -2.38. The molecule has 2 fully saturated rings. The standard InChI is InChI=1S/C15H24O2/c1-9(2)13(16)17-12-7-11-10(3)8-15(12,6)14(11,4)5/h10-12H,1,7-8H2,2-6H3. The van der Waals surface area contributed by atoms with Gasteiger partial charge in [0, 0.05) is 11.0 Å². The third-order valence-electron chi connectivity index (χ3n) is 5.61. The van der Waals surface area contributed by atoms with Crippen molar-refractivity contribution in [3.63, 3.8) is 0 Å². The van der Waals surface area contributed by atoms with E-state index < -0.39 is 0 Å². The van der Waals surface area contributed by atoms with Crippen molar-refractivity contribution < 1.29 is 9.53 Å². The number of hydrogen-bond donors (Lipinski definition) is 0. The van der Waals surface area contributed by atoms with Crippen molar-refractivity contribution in [1.29, 1.82) is 0 Å². The molecule has 0 aromatic rings. The van der Waals surface area contributed by atoms with Gasteiger partial charge < -0.3 is 4.74 Å². The molecule has 0 radical (unpaired) electrons. The number of carbonyl (C=O) groups is 1.